The summed E-state index contributed by atoms with van der Waals surface area (Å²) in [7, 11) is 3.07. The quantitative estimate of drug-likeness (QED) is 0.247. The van der Waals surface area contributed by atoms with Crippen molar-refractivity contribution >= 4 is 34.9 Å². The first-order valence-corrected chi connectivity index (χ1v) is 9.96. The van der Waals surface area contributed by atoms with Crippen LogP contribution in [0.25, 0.3) is 0 Å². The number of unbranched alkanes of at least 4 members (excludes halogenated alkanes) is 1. The Balaban J connectivity index is 2.39. The van der Waals surface area contributed by atoms with Crippen molar-refractivity contribution in [2.24, 2.45) is 5.16 Å². The van der Waals surface area contributed by atoms with Gasteiger partial charge in [-0.25, -0.2) is 0 Å². The predicted molar refractivity (Wildman–Crippen MR) is 112 cm³/mol. The zero-order valence-electron chi connectivity index (χ0n) is 16.3. The number of oxime groups is 1. The van der Waals surface area contributed by atoms with Gasteiger partial charge in [0.1, 0.15) is 12.9 Å². The van der Waals surface area contributed by atoms with Crippen LogP contribution in [0.4, 0.5) is 0 Å². The van der Waals surface area contributed by atoms with E-state index in [9.17, 15) is 4.79 Å². The van der Waals surface area contributed by atoms with Crippen molar-refractivity contribution in [3.05, 3.63) is 50.5 Å². The molecule has 0 N–H and O–H groups in total. The molecular weight excluding hydrogens is 384 g/mol. The Hall–Kier alpha value is -1.92. The number of benzene rings is 1. The number of hydrogen-bond donors (Lipinski definition) is 0. The summed E-state index contributed by atoms with van der Waals surface area (Å²) in [5.41, 5.74) is 2.31. The number of halogens is 1. The van der Waals surface area contributed by atoms with Gasteiger partial charge >= 0.3 is 0 Å². The molecule has 1 aromatic carbocycles. The minimum absolute atomic E-state index is 0.145. The highest BCUT2D eigenvalue weighted by molar-refractivity contribution is 8.07. The molecule has 0 spiro atoms. The molecule has 2 rings (SSSR count). The van der Waals surface area contributed by atoms with E-state index < -0.39 is 0 Å². The molecule has 0 unspecified atom stereocenters. The van der Waals surface area contributed by atoms with Gasteiger partial charge in [0.05, 0.1) is 28.3 Å². The fraction of sp³-hybridized carbons (Fsp3) is 0.400. The summed E-state index contributed by atoms with van der Waals surface area (Å²) in [6.45, 7) is 6.92. The van der Waals surface area contributed by atoms with Gasteiger partial charge in [-0.1, -0.05) is 41.9 Å². The van der Waals surface area contributed by atoms with Crippen molar-refractivity contribution in [2.75, 3.05) is 20.8 Å². The van der Waals surface area contributed by atoms with Gasteiger partial charge in [-0.05, 0) is 38.5 Å². The van der Waals surface area contributed by atoms with Crippen LogP contribution in [0.15, 0.2) is 45.1 Å². The fourth-order valence-electron chi connectivity index (χ4n) is 2.80. The van der Waals surface area contributed by atoms with Crippen LogP contribution in [0.5, 0.6) is 5.75 Å². The van der Waals surface area contributed by atoms with Crippen molar-refractivity contribution in [3.8, 4) is 5.75 Å². The number of carbonyl (C=O) groups excluding carboxylic acids is 1. The smallest absolute Gasteiger partial charge is 0.192 e. The zero-order valence-corrected chi connectivity index (χ0v) is 17.9. The summed E-state index contributed by atoms with van der Waals surface area (Å²) in [4.78, 5) is 21.0. The van der Waals surface area contributed by atoms with Crippen LogP contribution in [-0.2, 0) is 4.84 Å². The van der Waals surface area contributed by atoms with Crippen LogP contribution in [0.3, 0.4) is 0 Å². The van der Waals surface area contributed by atoms with Gasteiger partial charge in [0.25, 0.3) is 0 Å². The lowest BCUT2D eigenvalue weighted by Gasteiger charge is -2.21. The van der Waals surface area contributed by atoms with Crippen molar-refractivity contribution in [1.29, 1.82) is 0 Å². The maximum Gasteiger partial charge on any atom is 0.192 e. The second-order valence-electron chi connectivity index (χ2n) is 6.07. The molecule has 0 aliphatic carbocycles. The number of rotatable bonds is 8. The number of thioether (sulfide) groups is 1. The summed E-state index contributed by atoms with van der Waals surface area (Å²) < 4.78 is 5.31. The highest BCUT2D eigenvalue weighted by atomic mass is 35.5. The van der Waals surface area contributed by atoms with Gasteiger partial charge in [0, 0.05) is 23.3 Å². The van der Waals surface area contributed by atoms with Gasteiger partial charge in [-0.15, -0.1) is 0 Å². The molecule has 1 aliphatic heterocycles. The fourth-order valence-corrected chi connectivity index (χ4v) is 4.13. The molecule has 0 saturated carbocycles. The topological polar surface area (TPSA) is 51.1 Å². The second kappa shape index (κ2) is 9.85. The van der Waals surface area contributed by atoms with Gasteiger partial charge in [0.15, 0.2) is 5.78 Å². The Morgan fingerprint density at radius 1 is 1.37 bits per heavy atom. The normalized spacial score (nSPS) is 16.3. The summed E-state index contributed by atoms with van der Waals surface area (Å²) in [5, 5.41) is 5.41. The predicted octanol–water partition coefficient (Wildman–Crippen LogP) is 5.48. The Morgan fingerprint density at radius 3 is 2.74 bits per heavy atom. The van der Waals surface area contributed by atoms with Crippen LogP contribution in [-0.4, -0.2) is 37.2 Å². The van der Waals surface area contributed by atoms with Crippen molar-refractivity contribution in [3.63, 3.8) is 0 Å². The summed E-state index contributed by atoms with van der Waals surface area (Å²) in [6, 6.07) is 5.04. The van der Waals surface area contributed by atoms with E-state index in [2.05, 4.69) is 17.0 Å². The molecule has 0 bridgehead atoms. The Morgan fingerprint density at radius 2 is 2.11 bits per heavy atom. The molecule has 1 aromatic rings. The lowest BCUT2D eigenvalue weighted by Crippen LogP contribution is -2.18. The first kappa shape index (κ1) is 21.4. The molecule has 7 heteroatoms. The van der Waals surface area contributed by atoms with E-state index in [1.54, 1.807) is 31.4 Å². The van der Waals surface area contributed by atoms with Crippen LogP contribution < -0.4 is 4.74 Å². The first-order valence-electron chi connectivity index (χ1n) is 8.76. The van der Waals surface area contributed by atoms with Crippen LogP contribution >= 0.6 is 23.4 Å². The third kappa shape index (κ3) is 5.08. The Kier molecular flexibility index (Phi) is 7.80. The zero-order chi connectivity index (χ0) is 20.0. The molecule has 27 heavy (non-hydrogen) atoms. The summed E-state index contributed by atoms with van der Waals surface area (Å²) >= 11 is 7.60. The second-order valence-corrected chi connectivity index (χ2v) is 7.54. The lowest BCUT2D eigenvalue weighted by molar-refractivity contribution is 0.104. The average Bonchev–Trinajstić information content (AvgIpc) is 2.95. The lowest BCUT2D eigenvalue weighted by atomic mass is 10.1. The highest BCUT2D eigenvalue weighted by Gasteiger charge is 2.28. The van der Waals surface area contributed by atoms with Crippen LogP contribution in [0.2, 0.25) is 5.02 Å². The van der Waals surface area contributed by atoms with Gasteiger partial charge < -0.3 is 14.5 Å². The van der Waals surface area contributed by atoms with Gasteiger partial charge in [-0.3, -0.25) is 4.79 Å². The third-order valence-electron chi connectivity index (χ3n) is 4.18. The van der Waals surface area contributed by atoms with E-state index in [1.165, 1.54) is 18.9 Å². The molecule has 1 aliphatic rings. The maximum atomic E-state index is 12.9. The number of nitrogens with zero attached hydrogens (tertiary/aromatic N) is 2. The van der Waals surface area contributed by atoms with Crippen molar-refractivity contribution < 1.29 is 14.4 Å². The number of allylic oxidation sites excluding steroid dienone is 3. The highest BCUT2D eigenvalue weighted by Crippen LogP contribution is 2.42. The van der Waals surface area contributed by atoms with E-state index in [1.807, 2.05) is 13.8 Å². The molecule has 0 amide bonds. The summed E-state index contributed by atoms with van der Waals surface area (Å²) in [6.07, 6.45) is 3.74. The van der Waals surface area contributed by atoms with E-state index in [0.29, 0.717) is 16.3 Å². The minimum Gasteiger partial charge on any atom is -0.496 e. The van der Waals surface area contributed by atoms with E-state index >= 15 is 0 Å². The third-order valence-corrected chi connectivity index (χ3v) is 5.76. The van der Waals surface area contributed by atoms with Crippen molar-refractivity contribution in [1.82, 2.24) is 4.90 Å². The SMILES string of the molecule is CCCCN1C(=CC(=O)c2cc(Cl)ccc2OC)SC(C(C)=NOC)=C1C. The molecule has 0 aromatic heterocycles. The summed E-state index contributed by atoms with van der Waals surface area (Å²) in [5.74, 6) is 0.361. The largest absolute Gasteiger partial charge is 0.496 e. The number of ketones is 1. The van der Waals surface area contributed by atoms with E-state index in [4.69, 9.17) is 21.2 Å². The van der Waals surface area contributed by atoms with Gasteiger partial charge in [0.2, 0.25) is 0 Å². The average molecular weight is 409 g/mol. The monoisotopic (exact) mass is 408 g/mol. The van der Waals surface area contributed by atoms with E-state index in [-0.39, 0.29) is 5.78 Å². The molecule has 0 fully saturated rings. The molecular formula is C20H25ClN2O3S. The molecule has 146 valence electrons. The molecule has 5 nitrogen and oxygen atoms in total. The van der Waals surface area contributed by atoms with Gasteiger partial charge in [-0.2, -0.15) is 0 Å². The van der Waals surface area contributed by atoms with Crippen molar-refractivity contribution in [2.45, 2.75) is 33.6 Å². The standard InChI is InChI=1S/C20H25ClN2O3S/c1-6-7-10-23-14(3)20(13(2)22-26-5)27-19(23)12-17(24)16-11-15(21)8-9-18(16)25-4/h8-9,11-12H,6-7,10H2,1-5H3. The number of hydrogen-bond acceptors (Lipinski definition) is 6. The molecule has 0 radical (unpaired) electrons. The Bertz CT molecular complexity index is 802. The molecule has 1 heterocycles. The minimum atomic E-state index is -0.145. The number of methoxy groups -OCH3 is 1. The molecule has 0 atom stereocenters. The maximum absolute atomic E-state index is 12.9. The molecule has 0 saturated heterocycles. The van der Waals surface area contributed by atoms with Crippen LogP contribution in [0.1, 0.15) is 44.0 Å². The first-order chi connectivity index (χ1) is 12.9. The van der Waals surface area contributed by atoms with E-state index in [0.717, 1.165) is 40.7 Å². The Labute approximate surface area is 170 Å². The number of carbonyl (C=O) groups is 1. The van der Waals surface area contributed by atoms with Crippen LogP contribution in [0, 0.1) is 0 Å². The number of ether oxygens (including phenoxy) is 1.